The molecule has 22 heavy (non-hydrogen) atoms. The molecule has 1 aliphatic carbocycles. The lowest BCUT2D eigenvalue weighted by Gasteiger charge is -2.21. The van der Waals surface area contributed by atoms with Crippen molar-refractivity contribution in [2.24, 2.45) is 11.7 Å². The van der Waals surface area contributed by atoms with Crippen LogP contribution in [0.4, 0.5) is 5.69 Å². The first kappa shape index (κ1) is 18.7. The number of non-ortho nitro benzene ring substituents is 1. The highest BCUT2D eigenvalue weighted by Gasteiger charge is 2.30. The van der Waals surface area contributed by atoms with Crippen LogP contribution in [0.3, 0.4) is 0 Å². The van der Waals surface area contributed by atoms with E-state index in [1.807, 2.05) is 0 Å². The van der Waals surface area contributed by atoms with E-state index in [4.69, 9.17) is 17.3 Å². The van der Waals surface area contributed by atoms with Crippen molar-refractivity contribution in [2.45, 2.75) is 31.8 Å². The van der Waals surface area contributed by atoms with E-state index >= 15 is 0 Å². The number of benzene rings is 1. The second-order valence-corrected chi connectivity index (χ2v) is 5.90. The molecule has 0 spiro atoms. The molecule has 2 atom stereocenters. The van der Waals surface area contributed by atoms with Crippen LogP contribution in [-0.4, -0.2) is 28.8 Å². The van der Waals surface area contributed by atoms with E-state index in [-0.39, 0.29) is 42.5 Å². The first-order chi connectivity index (χ1) is 9.88. The quantitative estimate of drug-likeness (QED) is 0.669. The summed E-state index contributed by atoms with van der Waals surface area (Å²) in [5, 5.41) is 11.2. The molecule has 1 aromatic rings. The van der Waals surface area contributed by atoms with Crippen LogP contribution in [0.1, 0.15) is 24.8 Å². The van der Waals surface area contributed by atoms with Gasteiger partial charge in [0.15, 0.2) is 0 Å². The highest BCUT2D eigenvalue weighted by atomic mass is 35.5. The molecule has 1 fully saturated rings. The third-order valence-electron chi connectivity index (χ3n) is 3.85. The van der Waals surface area contributed by atoms with Crippen molar-refractivity contribution < 1.29 is 9.72 Å². The molecule has 2 rings (SSSR count). The van der Waals surface area contributed by atoms with Gasteiger partial charge in [0.05, 0.1) is 4.92 Å². The predicted octanol–water partition coefficient (Wildman–Crippen LogP) is 2.76. The molecule has 0 heterocycles. The smallest absolute Gasteiger partial charge is 0.269 e. The fourth-order valence-corrected chi connectivity index (χ4v) is 2.86. The van der Waals surface area contributed by atoms with E-state index in [2.05, 4.69) is 0 Å². The molecule has 0 radical (unpaired) electrons. The monoisotopic (exact) mass is 347 g/mol. The Morgan fingerprint density at radius 3 is 2.73 bits per heavy atom. The summed E-state index contributed by atoms with van der Waals surface area (Å²) in [5.41, 5.74) is 6.37. The lowest BCUT2D eigenvalue weighted by molar-refractivity contribution is -0.384. The Morgan fingerprint density at radius 2 is 2.18 bits per heavy atom. The van der Waals surface area contributed by atoms with Crippen molar-refractivity contribution in [3.63, 3.8) is 0 Å². The van der Waals surface area contributed by atoms with Gasteiger partial charge in [0.2, 0.25) is 5.91 Å². The summed E-state index contributed by atoms with van der Waals surface area (Å²) in [6, 6.07) is 4.34. The number of carbonyl (C=O) groups is 1. The average Bonchev–Trinajstić information content (AvgIpc) is 2.86. The number of nitro groups is 1. The number of nitrogens with zero attached hydrogens (tertiary/aromatic N) is 2. The molecule has 1 saturated carbocycles. The number of amides is 1. The van der Waals surface area contributed by atoms with E-state index in [0.717, 1.165) is 12.8 Å². The highest BCUT2D eigenvalue weighted by Crippen LogP contribution is 2.28. The molecule has 122 valence electrons. The number of carbonyl (C=O) groups excluding carboxylic acids is 1. The molecular weight excluding hydrogens is 329 g/mol. The second-order valence-electron chi connectivity index (χ2n) is 5.50. The van der Waals surface area contributed by atoms with E-state index in [0.29, 0.717) is 17.0 Å². The van der Waals surface area contributed by atoms with Crippen LogP contribution >= 0.6 is 24.0 Å². The van der Waals surface area contributed by atoms with Crippen LogP contribution in [0, 0.1) is 16.0 Å². The normalized spacial score (nSPS) is 20.3. The second kappa shape index (κ2) is 7.76. The third-order valence-corrected chi connectivity index (χ3v) is 4.22. The number of hydrogen-bond acceptors (Lipinski definition) is 4. The Hall–Kier alpha value is -1.37. The van der Waals surface area contributed by atoms with E-state index in [1.165, 1.54) is 18.2 Å². The zero-order valence-electron chi connectivity index (χ0n) is 12.2. The Morgan fingerprint density at radius 1 is 1.50 bits per heavy atom. The van der Waals surface area contributed by atoms with Gasteiger partial charge < -0.3 is 10.6 Å². The lowest BCUT2D eigenvalue weighted by atomic mass is 10.1. The maximum Gasteiger partial charge on any atom is 0.269 e. The van der Waals surface area contributed by atoms with Gasteiger partial charge in [-0.05, 0) is 30.9 Å². The maximum atomic E-state index is 12.3. The minimum absolute atomic E-state index is 0. The Labute approximate surface area is 140 Å². The molecule has 0 bridgehead atoms. The molecule has 1 amide bonds. The molecule has 0 aromatic heterocycles. The molecule has 2 unspecified atom stereocenters. The van der Waals surface area contributed by atoms with Gasteiger partial charge in [0.1, 0.15) is 0 Å². The molecule has 0 saturated heterocycles. The Kier molecular flexibility index (Phi) is 6.59. The topological polar surface area (TPSA) is 89.5 Å². The SMILES string of the molecule is CN(Cc1cc([N+](=O)[O-])ccc1Cl)C(=O)C1CCC(N)C1.Cl. The van der Waals surface area contributed by atoms with Crippen LogP contribution < -0.4 is 5.73 Å². The highest BCUT2D eigenvalue weighted by molar-refractivity contribution is 6.31. The van der Waals surface area contributed by atoms with Gasteiger partial charge in [-0.15, -0.1) is 12.4 Å². The number of nitrogens with two attached hydrogens (primary N) is 1. The van der Waals surface area contributed by atoms with Crippen molar-refractivity contribution in [3.8, 4) is 0 Å². The fraction of sp³-hybridized carbons (Fsp3) is 0.500. The maximum absolute atomic E-state index is 12.3. The molecule has 1 aromatic carbocycles. The Bertz CT molecular complexity index is 568. The summed E-state index contributed by atoms with van der Waals surface area (Å²) in [5.74, 6) is -0.0343. The largest absolute Gasteiger partial charge is 0.341 e. The van der Waals surface area contributed by atoms with E-state index in [1.54, 1.807) is 11.9 Å². The molecular formula is C14H19Cl2N3O3. The van der Waals surface area contributed by atoms with Crippen LogP contribution in [0.15, 0.2) is 18.2 Å². The van der Waals surface area contributed by atoms with Gasteiger partial charge >= 0.3 is 0 Å². The summed E-state index contributed by atoms with van der Waals surface area (Å²) in [6.45, 7) is 0.255. The van der Waals surface area contributed by atoms with Gasteiger partial charge in [-0.25, -0.2) is 0 Å². The number of halogens is 2. The average molecular weight is 348 g/mol. The van der Waals surface area contributed by atoms with Gasteiger partial charge in [-0.3, -0.25) is 14.9 Å². The van der Waals surface area contributed by atoms with Crippen molar-refractivity contribution in [1.29, 1.82) is 0 Å². The van der Waals surface area contributed by atoms with Crippen LogP contribution in [-0.2, 0) is 11.3 Å². The van der Waals surface area contributed by atoms with Gasteiger partial charge in [0, 0.05) is 42.7 Å². The summed E-state index contributed by atoms with van der Waals surface area (Å²) in [6.07, 6.45) is 2.36. The summed E-state index contributed by atoms with van der Waals surface area (Å²) >= 11 is 6.05. The van der Waals surface area contributed by atoms with Gasteiger partial charge in [0.25, 0.3) is 5.69 Å². The number of hydrogen-bond donors (Lipinski definition) is 1. The first-order valence-electron chi connectivity index (χ1n) is 6.82. The molecule has 2 N–H and O–H groups in total. The minimum Gasteiger partial charge on any atom is -0.341 e. The predicted molar refractivity (Wildman–Crippen MR) is 87.1 cm³/mol. The van der Waals surface area contributed by atoms with Crippen molar-refractivity contribution in [2.75, 3.05) is 7.05 Å². The zero-order chi connectivity index (χ0) is 15.6. The first-order valence-corrected chi connectivity index (χ1v) is 7.19. The molecule has 0 aliphatic heterocycles. The standard InChI is InChI=1S/C14H18ClN3O3.ClH/c1-17(14(19)9-2-3-11(16)6-9)8-10-7-12(18(20)21)4-5-13(10)15;/h4-5,7,9,11H,2-3,6,8,16H2,1H3;1H. The third kappa shape index (κ3) is 4.32. The van der Waals surface area contributed by atoms with Gasteiger partial charge in [-0.2, -0.15) is 0 Å². The lowest BCUT2D eigenvalue weighted by Crippen LogP contribution is -2.32. The van der Waals surface area contributed by atoms with Crippen LogP contribution in [0.25, 0.3) is 0 Å². The van der Waals surface area contributed by atoms with Crippen molar-refractivity contribution in [1.82, 2.24) is 4.90 Å². The summed E-state index contributed by atoms with van der Waals surface area (Å²) in [4.78, 5) is 24.2. The van der Waals surface area contributed by atoms with Crippen LogP contribution in [0.5, 0.6) is 0 Å². The van der Waals surface area contributed by atoms with Crippen LogP contribution in [0.2, 0.25) is 5.02 Å². The molecule has 6 nitrogen and oxygen atoms in total. The van der Waals surface area contributed by atoms with Crippen molar-refractivity contribution >= 4 is 35.6 Å². The molecule has 8 heteroatoms. The Balaban J connectivity index is 0.00000242. The minimum atomic E-state index is -0.475. The van der Waals surface area contributed by atoms with Crippen molar-refractivity contribution in [3.05, 3.63) is 38.9 Å². The fourth-order valence-electron chi connectivity index (χ4n) is 2.68. The zero-order valence-corrected chi connectivity index (χ0v) is 13.8. The number of rotatable bonds is 4. The molecule has 1 aliphatic rings. The number of nitro benzene ring substituents is 1. The van der Waals surface area contributed by atoms with E-state index in [9.17, 15) is 14.9 Å². The van der Waals surface area contributed by atoms with Gasteiger partial charge in [-0.1, -0.05) is 11.6 Å². The van der Waals surface area contributed by atoms with E-state index < -0.39 is 4.92 Å². The summed E-state index contributed by atoms with van der Waals surface area (Å²) in [7, 11) is 1.68. The summed E-state index contributed by atoms with van der Waals surface area (Å²) < 4.78 is 0.